The molecule has 3 nitrogen and oxygen atoms in total. The summed E-state index contributed by atoms with van der Waals surface area (Å²) in [6, 6.07) is 5.71. The van der Waals surface area contributed by atoms with Crippen LogP contribution in [0.25, 0.3) is 0 Å². The fourth-order valence-corrected chi connectivity index (χ4v) is 2.84. The van der Waals surface area contributed by atoms with Crippen molar-refractivity contribution in [1.82, 2.24) is 4.98 Å². The van der Waals surface area contributed by atoms with Gasteiger partial charge in [0.25, 0.3) is 0 Å². The van der Waals surface area contributed by atoms with Gasteiger partial charge in [-0.2, -0.15) is 0 Å². The van der Waals surface area contributed by atoms with Gasteiger partial charge in [0.2, 0.25) is 0 Å². The van der Waals surface area contributed by atoms with E-state index in [0.717, 1.165) is 28.5 Å². The Hall–Kier alpha value is -1.10. The summed E-state index contributed by atoms with van der Waals surface area (Å²) in [5, 5.41) is 13.3. The summed E-state index contributed by atoms with van der Waals surface area (Å²) in [4.78, 5) is 6.54. The molecule has 1 unspecified atom stereocenters. The number of aliphatic hydroxyl groups is 1. The number of halogens is 1. The first-order valence-corrected chi connectivity index (χ1v) is 7.33. The van der Waals surface area contributed by atoms with Crippen LogP contribution in [-0.2, 0) is 6.54 Å². The van der Waals surface area contributed by atoms with Gasteiger partial charge in [-0.1, -0.05) is 17.7 Å². The fraction of sp³-hybridized carbons (Fsp3) is 0.357. The zero-order valence-corrected chi connectivity index (χ0v) is 12.8. The van der Waals surface area contributed by atoms with Gasteiger partial charge in [0, 0.05) is 23.1 Å². The third kappa shape index (κ3) is 3.47. The predicted octanol–water partition coefficient (Wildman–Crippen LogP) is 3.79. The molecule has 0 saturated carbocycles. The molecule has 0 bridgehead atoms. The minimum Gasteiger partial charge on any atom is -0.389 e. The highest BCUT2D eigenvalue weighted by molar-refractivity contribution is 7.09. The number of nitrogens with zero attached hydrogens (tertiary/aromatic N) is 2. The second kappa shape index (κ2) is 5.90. The standard InChI is InChI=1S/C14H17ClN2OS/c1-9(18)13-5-4-12(6-14(13)15)17(3)7-11-8-19-10(2)16-11/h4-6,8-9,18H,7H2,1-3H3. The Morgan fingerprint density at radius 3 is 2.74 bits per heavy atom. The summed E-state index contributed by atoms with van der Waals surface area (Å²) in [7, 11) is 2.00. The number of aromatic nitrogens is 1. The largest absolute Gasteiger partial charge is 0.389 e. The van der Waals surface area contributed by atoms with E-state index in [9.17, 15) is 5.11 Å². The number of anilines is 1. The van der Waals surface area contributed by atoms with Gasteiger partial charge in [-0.25, -0.2) is 4.98 Å². The van der Waals surface area contributed by atoms with Crippen molar-refractivity contribution < 1.29 is 5.11 Å². The fourth-order valence-electron chi connectivity index (χ4n) is 1.91. The molecule has 0 saturated heterocycles. The Balaban J connectivity index is 2.15. The van der Waals surface area contributed by atoms with E-state index in [-0.39, 0.29) is 0 Å². The Morgan fingerprint density at radius 2 is 2.21 bits per heavy atom. The molecule has 2 rings (SSSR count). The van der Waals surface area contributed by atoms with Crippen LogP contribution in [0, 0.1) is 6.92 Å². The zero-order chi connectivity index (χ0) is 14.0. The first-order valence-electron chi connectivity index (χ1n) is 6.07. The summed E-state index contributed by atoms with van der Waals surface area (Å²) in [5.41, 5.74) is 2.82. The molecule has 0 amide bonds. The highest BCUT2D eigenvalue weighted by Crippen LogP contribution is 2.28. The van der Waals surface area contributed by atoms with Crippen LogP contribution < -0.4 is 4.90 Å². The van der Waals surface area contributed by atoms with Crippen LogP contribution in [0.3, 0.4) is 0 Å². The second-order valence-electron chi connectivity index (χ2n) is 4.60. The molecule has 1 N–H and O–H groups in total. The van der Waals surface area contributed by atoms with E-state index in [1.807, 2.05) is 32.2 Å². The predicted molar refractivity (Wildman–Crippen MR) is 81.0 cm³/mol. The highest BCUT2D eigenvalue weighted by Gasteiger charge is 2.10. The van der Waals surface area contributed by atoms with Gasteiger partial charge < -0.3 is 10.0 Å². The molecule has 5 heteroatoms. The number of aliphatic hydroxyl groups excluding tert-OH is 1. The lowest BCUT2D eigenvalue weighted by Crippen LogP contribution is -2.16. The lowest BCUT2D eigenvalue weighted by atomic mass is 10.1. The van der Waals surface area contributed by atoms with E-state index >= 15 is 0 Å². The van der Waals surface area contributed by atoms with Crippen LogP contribution in [0.2, 0.25) is 5.02 Å². The van der Waals surface area contributed by atoms with Gasteiger partial charge >= 0.3 is 0 Å². The van der Waals surface area contributed by atoms with Crippen molar-refractivity contribution >= 4 is 28.6 Å². The van der Waals surface area contributed by atoms with Gasteiger partial charge in [-0.3, -0.25) is 0 Å². The molecular formula is C14H17ClN2OS. The second-order valence-corrected chi connectivity index (χ2v) is 6.07. The Bertz CT molecular complexity index is 568. The van der Waals surface area contributed by atoms with Crippen molar-refractivity contribution in [2.75, 3.05) is 11.9 Å². The van der Waals surface area contributed by atoms with Gasteiger partial charge in [0.1, 0.15) is 0 Å². The van der Waals surface area contributed by atoms with Crippen LogP contribution in [0.4, 0.5) is 5.69 Å². The van der Waals surface area contributed by atoms with E-state index in [1.165, 1.54) is 0 Å². The van der Waals surface area contributed by atoms with Crippen LogP contribution in [0.5, 0.6) is 0 Å². The maximum atomic E-state index is 9.57. The minimum atomic E-state index is -0.548. The zero-order valence-electron chi connectivity index (χ0n) is 11.2. The molecule has 1 atom stereocenters. The molecule has 0 aliphatic carbocycles. The van der Waals surface area contributed by atoms with Crippen molar-refractivity contribution in [2.45, 2.75) is 26.5 Å². The number of hydrogen-bond donors (Lipinski definition) is 1. The SMILES string of the molecule is Cc1nc(CN(C)c2ccc(C(C)O)c(Cl)c2)cs1. The molecule has 0 radical (unpaired) electrons. The molecule has 102 valence electrons. The van der Waals surface area contributed by atoms with Gasteiger partial charge in [-0.05, 0) is 31.5 Å². The maximum absolute atomic E-state index is 9.57. The third-order valence-corrected chi connectivity index (χ3v) is 4.09. The normalized spacial score (nSPS) is 12.5. The average molecular weight is 297 g/mol. The van der Waals surface area contributed by atoms with Crippen LogP contribution >= 0.6 is 22.9 Å². The molecule has 1 heterocycles. The summed E-state index contributed by atoms with van der Waals surface area (Å²) < 4.78 is 0. The average Bonchev–Trinajstić information content (AvgIpc) is 2.74. The molecule has 19 heavy (non-hydrogen) atoms. The van der Waals surface area contributed by atoms with Crippen LogP contribution in [-0.4, -0.2) is 17.1 Å². The van der Waals surface area contributed by atoms with E-state index in [1.54, 1.807) is 18.3 Å². The summed E-state index contributed by atoms with van der Waals surface area (Å²) in [6.07, 6.45) is -0.548. The van der Waals surface area contributed by atoms with Gasteiger partial charge in [-0.15, -0.1) is 11.3 Å². The van der Waals surface area contributed by atoms with E-state index in [0.29, 0.717) is 5.02 Å². The van der Waals surface area contributed by atoms with Gasteiger partial charge in [0.15, 0.2) is 0 Å². The summed E-state index contributed by atoms with van der Waals surface area (Å²) in [6.45, 7) is 4.46. The Morgan fingerprint density at radius 1 is 1.47 bits per heavy atom. The number of rotatable bonds is 4. The smallest absolute Gasteiger partial charge is 0.0898 e. The maximum Gasteiger partial charge on any atom is 0.0898 e. The summed E-state index contributed by atoms with van der Waals surface area (Å²) in [5.74, 6) is 0. The number of thiazole rings is 1. The monoisotopic (exact) mass is 296 g/mol. The van der Waals surface area contributed by atoms with E-state index < -0.39 is 6.10 Å². The van der Waals surface area contributed by atoms with Crippen molar-refractivity contribution in [1.29, 1.82) is 0 Å². The molecule has 0 aliphatic rings. The molecule has 0 spiro atoms. The van der Waals surface area contributed by atoms with Crippen molar-refractivity contribution in [3.05, 3.63) is 44.9 Å². The van der Waals surface area contributed by atoms with Crippen molar-refractivity contribution in [2.24, 2.45) is 0 Å². The molecular weight excluding hydrogens is 280 g/mol. The molecule has 1 aromatic carbocycles. The Labute approximate surface area is 122 Å². The number of benzene rings is 1. The Kier molecular flexibility index (Phi) is 4.45. The minimum absolute atomic E-state index is 0.548. The first kappa shape index (κ1) is 14.3. The van der Waals surface area contributed by atoms with Crippen molar-refractivity contribution in [3.63, 3.8) is 0 Å². The topological polar surface area (TPSA) is 36.4 Å². The van der Waals surface area contributed by atoms with E-state index in [2.05, 4.69) is 15.3 Å². The molecule has 1 aromatic heterocycles. The van der Waals surface area contributed by atoms with E-state index in [4.69, 9.17) is 11.6 Å². The van der Waals surface area contributed by atoms with Gasteiger partial charge in [0.05, 0.1) is 23.4 Å². The molecule has 0 fully saturated rings. The third-order valence-electron chi connectivity index (χ3n) is 2.94. The number of hydrogen-bond acceptors (Lipinski definition) is 4. The number of aryl methyl sites for hydroxylation is 1. The lowest BCUT2D eigenvalue weighted by molar-refractivity contribution is 0.199. The lowest BCUT2D eigenvalue weighted by Gasteiger charge is -2.19. The molecule has 0 aliphatic heterocycles. The van der Waals surface area contributed by atoms with Crippen molar-refractivity contribution in [3.8, 4) is 0 Å². The molecule has 2 aromatic rings. The van der Waals surface area contributed by atoms with Crippen LogP contribution in [0.15, 0.2) is 23.6 Å². The highest BCUT2D eigenvalue weighted by atomic mass is 35.5. The quantitative estimate of drug-likeness (QED) is 0.932. The summed E-state index contributed by atoms with van der Waals surface area (Å²) >= 11 is 7.83. The van der Waals surface area contributed by atoms with Crippen LogP contribution in [0.1, 0.15) is 29.3 Å². The first-order chi connectivity index (χ1) is 8.97.